The van der Waals surface area contributed by atoms with Crippen molar-refractivity contribution >= 4 is 23.2 Å². The van der Waals surface area contributed by atoms with E-state index in [2.05, 4.69) is 20.9 Å². The van der Waals surface area contributed by atoms with Gasteiger partial charge in [0.25, 0.3) is 11.6 Å². The average molecular weight is 469 g/mol. The summed E-state index contributed by atoms with van der Waals surface area (Å²) in [6.45, 7) is 1.78. The Kier molecular flexibility index (Phi) is 7.46. The lowest BCUT2D eigenvalue weighted by molar-refractivity contribution is -0.384. The van der Waals surface area contributed by atoms with E-state index in [9.17, 15) is 28.5 Å². The highest BCUT2D eigenvalue weighted by molar-refractivity contribution is 5.99. The zero-order valence-corrected chi connectivity index (χ0v) is 18.2. The Labute approximate surface area is 193 Å². The molecule has 3 N–H and O–H groups in total. The van der Waals surface area contributed by atoms with Crippen LogP contribution in [-0.4, -0.2) is 28.8 Å². The van der Waals surface area contributed by atoms with Crippen molar-refractivity contribution in [1.29, 1.82) is 0 Å². The number of nitrogens with one attached hydrogen (secondary N) is 3. The molecule has 2 atom stereocenters. The molecule has 0 spiro atoms. The SMILES string of the molecule is CNC(=O)C(NC(=O)c1ccc(NC(C)c2ccccn2)c([N+](=O)[O-])c1)c1ccc(F)c(F)c1. The van der Waals surface area contributed by atoms with Crippen LogP contribution >= 0.6 is 0 Å². The van der Waals surface area contributed by atoms with Crippen molar-refractivity contribution in [3.63, 3.8) is 0 Å². The lowest BCUT2D eigenvalue weighted by Crippen LogP contribution is -2.39. The van der Waals surface area contributed by atoms with E-state index < -0.39 is 34.4 Å². The molecular formula is C23H21F2N5O4. The minimum Gasteiger partial charge on any atom is -0.371 e. The van der Waals surface area contributed by atoms with Crippen LogP contribution < -0.4 is 16.0 Å². The van der Waals surface area contributed by atoms with Crippen LogP contribution in [0.1, 0.15) is 40.6 Å². The van der Waals surface area contributed by atoms with Crippen LogP contribution in [0.4, 0.5) is 20.2 Å². The summed E-state index contributed by atoms with van der Waals surface area (Å²) in [5, 5.41) is 19.4. The third-order valence-electron chi connectivity index (χ3n) is 5.02. The molecule has 1 heterocycles. The summed E-state index contributed by atoms with van der Waals surface area (Å²) in [5.41, 5.74) is 0.379. The molecule has 2 aromatic carbocycles. The molecule has 0 saturated heterocycles. The van der Waals surface area contributed by atoms with Gasteiger partial charge in [0, 0.05) is 24.9 Å². The Balaban J connectivity index is 1.87. The first-order valence-electron chi connectivity index (χ1n) is 10.1. The fraction of sp³-hybridized carbons (Fsp3) is 0.174. The van der Waals surface area contributed by atoms with Crippen LogP contribution in [0.5, 0.6) is 0 Å². The van der Waals surface area contributed by atoms with Crippen LogP contribution in [0.15, 0.2) is 60.8 Å². The van der Waals surface area contributed by atoms with Gasteiger partial charge < -0.3 is 16.0 Å². The van der Waals surface area contributed by atoms with E-state index in [0.717, 1.165) is 24.3 Å². The van der Waals surface area contributed by atoms with Crippen molar-refractivity contribution in [2.75, 3.05) is 12.4 Å². The van der Waals surface area contributed by atoms with Crippen molar-refractivity contribution in [3.8, 4) is 0 Å². The van der Waals surface area contributed by atoms with Gasteiger partial charge in [0.1, 0.15) is 11.7 Å². The molecule has 0 radical (unpaired) electrons. The summed E-state index contributed by atoms with van der Waals surface area (Å²) in [6.07, 6.45) is 1.60. The highest BCUT2D eigenvalue weighted by Crippen LogP contribution is 2.29. The van der Waals surface area contributed by atoms with Crippen molar-refractivity contribution in [2.24, 2.45) is 0 Å². The number of aromatic nitrogens is 1. The van der Waals surface area contributed by atoms with Gasteiger partial charge in [0.2, 0.25) is 5.91 Å². The number of nitrogens with zero attached hydrogens (tertiary/aromatic N) is 2. The first-order chi connectivity index (χ1) is 16.2. The zero-order chi connectivity index (χ0) is 24.8. The summed E-state index contributed by atoms with van der Waals surface area (Å²) in [6, 6.07) is 10.2. The van der Waals surface area contributed by atoms with E-state index >= 15 is 0 Å². The number of carbonyl (C=O) groups excluding carboxylic acids is 2. The van der Waals surface area contributed by atoms with Crippen LogP contribution in [0, 0.1) is 21.7 Å². The summed E-state index contributed by atoms with van der Waals surface area (Å²) in [5.74, 6) is -3.79. The Morgan fingerprint density at radius 1 is 1.06 bits per heavy atom. The molecule has 2 unspecified atom stereocenters. The van der Waals surface area contributed by atoms with Crippen molar-refractivity contribution in [1.82, 2.24) is 15.6 Å². The summed E-state index contributed by atoms with van der Waals surface area (Å²) in [4.78, 5) is 40.3. The van der Waals surface area contributed by atoms with Crippen molar-refractivity contribution < 1.29 is 23.3 Å². The van der Waals surface area contributed by atoms with Crippen LogP contribution in [-0.2, 0) is 4.79 Å². The molecule has 9 nitrogen and oxygen atoms in total. The number of nitro benzene ring substituents is 1. The van der Waals surface area contributed by atoms with Gasteiger partial charge >= 0.3 is 0 Å². The van der Waals surface area contributed by atoms with Gasteiger partial charge in [-0.15, -0.1) is 0 Å². The van der Waals surface area contributed by atoms with E-state index in [0.29, 0.717) is 5.69 Å². The van der Waals surface area contributed by atoms with E-state index in [-0.39, 0.29) is 28.5 Å². The molecule has 176 valence electrons. The molecule has 0 aliphatic rings. The van der Waals surface area contributed by atoms with Gasteiger partial charge in [0.05, 0.1) is 16.7 Å². The molecule has 0 fully saturated rings. The molecule has 34 heavy (non-hydrogen) atoms. The summed E-state index contributed by atoms with van der Waals surface area (Å²) >= 11 is 0. The molecule has 3 rings (SSSR count). The Morgan fingerprint density at radius 3 is 2.44 bits per heavy atom. The van der Waals surface area contributed by atoms with E-state index in [1.54, 1.807) is 31.3 Å². The number of anilines is 1. The van der Waals surface area contributed by atoms with Crippen molar-refractivity contribution in [3.05, 3.63) is 99.4 Å². The maximum absolute atomic E-state index is 13.7. The third-order valence-corrected chi connectivity index (χ3v) is 5.02. The second kappa shape index (κ2) is 10.5. The Hall–Kier alpha value is -4.41. The molecule has 3 aromatic rings. The number of pyridine rings is 1. The predicted octanol–water partition coefficient (Wildman–Crippen LogP) is 3.66. The fourth-order valence-electron chi connectivity index (χ4n) is 3.24. The maximum atomic E-state index is 13.7. The average Bonchev–Trinajstić information content (AvgIpc) is 2.84. The maximum Gasteiger partial charge on any atom is 0.293 e. The van der Waals surface area contributed by atoms with Gasteiger partial charge in [-0.2, -0.15) is 0 Å². The van der Waals surface area contributed by atoms with Gasteiger partial charge in [-0.1, -0.05) is 12.1 Å². The largest absolute Gasteiger partial charge is 0.371 e. The molecule has 11 heteroatoms. The number of amides is 2. The minimum absolute atomic E-state index is 0.00331. The number of likely N-dealkylation sites (N-methyl/N-ethyl adjacent to an activating group) is 1. The minimum atomic E-state index is -1.35. The molecule has 0 saturated carbocycles. The van der Waals surface area contributed by atoms with Gasteiger partial charge in [-0.05, 0) is 48.9 Å². The summed E-state index contributed by atoms with van der Waals surface area (Å²) < 4.78 is 27.0. The second-order valence-electron chi connectivity index (χ2n) is 7.30. The second-order valence-corrected chi connectivity index (χ2v) is 7.30. The lowest BCUT2D eigenvalue weighted by atomic mass is 10.0. The molecule has 0 bridgehead atoms. The van der Waals surface area contributed by atoms with Crippen LogP contribution in [0.25, 0.3) is 0 Å². The molecule has 2 amide bonds. The quantitative estimate of drug-likeness (QED) is 0.341. The first kappa shape index (κ1) is 24.2. The highest BCUT2D eigenvalue weighted by atomic mass is 19.2. The van der Waals surface area contributed by atoms with E-state index in [1.165, 1.54) is 19.2 Å². The van der Waals surface area contributed by atoms with Crippen molar-refractivity contribution in [2.45, 2.75) is 19.0 Å². The molecule has 0 aliphatic carbocycles. The Bertz CT molecular complexity index is 1220. The number of carbonyl (C=O) groups is 2. The molecule has 0 aliphatic heterocycles. The monoisotopic (exact) mass is 469 g/mol. The van der Waals surface area contributed by atoms with E-state index in [4.69, 9.17) is 0 Å². The smallest absolute Gasteiger partial charge is 0.293 e. The first-order valence-corrected chi connectivity index (χ1v) is 10.1. The van der Waals surface area contributed by atoms with Gasteiger partial charge in [0.15, 0.2) is 11.6 Å². The fourth-order valence-corrected chi connectivity index (χ4v) is 3.24. The van der Waals surface area contributed by atoms with Gasteiger partial charge in [-0.3, -0.25) is 24.7 Å². The third kappa shape index (κ3) is 5.49. The highest BCUT2D eigenvalue weighted by Gasteiger charge is 2.25. The summed E-state index contributed by atoms with van der Waals surface area (Å²) in [7, 11) is 1.31. The Morgan fingerprint density at radius 2 is 1.82 bits per heavy atom. The number of nitro groups is 1. The number of benzene rings is 2. The number of hydrogen-bond acceptors (Lipinski definition) is 6. The van der Waals surface area contributed by atoms with Gasteiger partial charge in [-0.25, -0.2) is 8.78 Å². The lowest BCUT2D eigenvalue weighted by Gasteiger charge is -2.18. The number of halogens is 2. The molecule has 1 aromatic heterocycles. The molecular weight excluding hydrogens is 448 g/mol. The predicted molar refractivity (Wildman–Crippen MR) is 120 cm³/mol. The number of hydrogen-bond donors (Lipinski definition) is 3. The number of rotatable bonds is 8. The van der Waals surface area contributed by atoms with E-state index in [1.807, 2.05) is 0 Å². The topological polar surface area (TPSA) is 126 Å². The standard InChI is InChI=1S/C23H21F2N5O4/c1-13(18-5-3-4-10-27-18)28-19-9-7-15(12-20(19)30(33)34)22(31)29-21(23(32)26-2)14-6-8-16(24)17(25)11-14/h3-13,21,28H,1-2H3,(H,26,32)(H,29,31). The van der Waals surface area contributed by atoms with Crippen LogP contribution in [0.3, 0.4) is 0 Å². The normalized spacial score (nSPS) is 12.4. The zero-order valence-electron chi connectivity index (χ0n) is 18.2. The van der Waals surface area contributed by atoms with Crippen LogP contribution in [0.2, 0.25) is 0 Å².